The number of likely N-dealkylation sites (tertiary alicyclic amines) is 1. The van der Waals surface area contributed by atoms with Gasteiger partial charge in [-0.15, -0.1) is 0 Å². The van der Waals surface area contributed by atoms with Crippen LogP contribution in [-0.2, 0) is 27.4 Å². The van der Waals surface area contributed by atoms with E-state index in [0.717, 1.165) is 22.3 Å². The molecule has 3 atom stereocenters. The molecule has 2 amide bonds. The van der Waals surface area contributed by atoms with Crippen LogP contribution in [0.1, 0.15) is 47.5 Å². The van der Waals surface area contributed by atoms with Crippen molar-refractivity contribution in [2.45, 2.75) is 56.9 Å². The van der Waals surface area contributed by atoms with E-state index in [1.165, 1.54) is 0 Å². The SMILES string of the molecule is NCCCC[C@H](NC(=O)[C@@H]1C[C@@H](OCc2ccc(Cl)cc2)CN1C(=O)Cc1ccc(-c2ccccc2)cc1)C(=O)c1nc2ccccc2o1. The van der Waals surface area contributed by atoms with Crippen molar-refractivity contribution in [3.05, 3.63) is 125 Å². The lowest BCUT2D eigenvalue weighted by Crippen LogP contribution is -2.51. The zero-order valence-corrected chi connectivity index (χ0v) is 27.9. The number of hydrogen-bond donors (Lipinski definition) is 2. The predicted molar refractivity (Wildman–Crippen MR) is 189 cm³/mol. The summed E-state index contributed by atoms with van der Waals surface area (Å²) >= 11 is 6.05. The second-order valence-electron chi connectivity index (χ2n) is 12.3. The summed E-state index contributed by atoms with van der Waals surface area (Å²) in [4.78, 5) is 47.5. The molecule has 2 heterocycles. The van der Waals surface area contributed by atoms with Crippen LogP contribution >= 0.6 is 11.6 Å². The van der Waals surface area contributed by atoms with Crippen LogP contribution in [0.25, 0.3) is 22.2 Å². The number of ether oxygens (including phenoxy) is 1. The molecule has 0 unspecified atom stereocenters. The van der Waals surface area contributed by atoms with Crippen LogP contribution in [0.3, 0.4) is 0 Å². The summed E-state index contributed by atoms with van der Waals surface area (Å²) in [6.45, 7) is 1.00. The van der Waals surface area contributed by atoms with Gasteiger partial charge in [0, 0.05) is 18.0 Å². The van der Waals surface area contributed by atoms with Crippen molar-refractivity contribution in [3.8, 4) is 11.1 Å². The molecule has 0 radical (unpaired) electrons. The number of amides is 2. The highest BCUT2D eigenvalue weighted by Crippen LogP contribution is 2.26. The van der Waals surface area contributed by atoms with E-state index in [4.69, 9.17) is 26.5 Å². The normalized spacial score (nSPS) is 16.5. The summed E-state index contributed by atoms with van der Waals surface area (Å²) in [6, 6.07) is 30.6. The van der Waals surface area contributed by atoms with Gasteiger partial charge < -0.3 is 25.1 Å². The van der Waals surface area contributed by atoms with Gasteiger partial charge in [0.2, 0.25) is 17.6 Å². The van der Waals surface area contributed by atoms with Gasteiger partial charge >= 0.3 is 0 Å². The maximum atomic E-state index is 14.0. The first kappa shape index (κ1) is 34.0. The van der Waals surface area contributed by atoms with Gasteiger partial charge in [-0.3, -0.25) is 14.4 Å². The van der Waals surface area contributed by atoms with Crippen LogP contribution in [0.4, 0.5) is 0 Å². The maximum Gasteiger partial charge on any atom is 0.266 e. The van der Waals surface area contributed by atoms with Crippen LogP contribution in [0.15, 0.2) is 108 Å². The summed E-state index contributed by atoms with van der Waals surface area (Å²) in [6.07, 6.45) is 1.66. The summed E-state index contributed by atoms with van der Waals surface area (Å²) in [5.74, 6) is -1.11. The van der Waals surface area contributed by atoms with Crippen LogP contribution in [0.2, 0.25) is 5.02 Å². The molecule has 3 N–H and O–H groups in total. The molecule has 1 aliphatic rings. The Kier molecular flexibility index (Phi) is 11.1. The van der Waals surface area contributed by atoms with E-state index in [2.05, 4.69) is 10.3 Å². The minimum Gasteiger partial charge on any atom is -0.434 e. The van der Waals surface area contributed by atoms with Crippen molar-refractivity contribution < 1.29 is 23.5 Å². The third-order valence-corrected chi connectivity index (χ3v) is 9.04. The topological polar surface area (TPSA) is 128 Å². The van der Waals surface area contributed by atoms with Crippen molar-refractivity contribution in [1.29, 1.82) is 0 Å². The Bertz CT molecular complexity index is 1840. The fourth-order valence-corrected chi connectivity index (χ4v) is 6.24. The summed E-state index contributed by atoms with van der Waals surface area (Å²) in [7, 11) is 0. The first-order valence-electron chi connectivity index (χ1n) is 16.6. The first-order valence-corrected chi connectivity index (χ1v) is 17.0. The molecule has 0 aliphatic carbocycles. The number of carbonyl (C=O) groups excluding carboxylic acids is 3. The van der Waals surface area contributed by atoms with Crippen molar-refractivity contribution in [2.24, 2.45) is 5.73 Å². The minimum absolute atomic E-state index is 0.0678. The number of Topliss-reactive ketones (excluding diaryl/α,β-unsaturated/α-hetero) is 1. The average Bonchev–Trinajstić information content (AvgIpc) is 3.77. The molecule has 252 valence electrons. The standard InChI is InChI=1S/C39H39ClN4O5/c40-30-19-15-27(16-20-30)25-48-31-23-34(44(24-31)36(45)22-26-13-17-29(18-14-26)28-8-2-1-3-9-28)38(47)42-33(11-6-7-21-41)37(46)39-43-32-10-4-5-12-35(32)49-39/h1-5,8-10,12-20,31,33-34H,6-7,11,21-25,41H2,(H,42,47)/t31-,33+,34+/m1/s1. The van der Waals surface area contributed by atoms with E-state index in [-0.39, 0.29) is 37.3 Å². The number of para-hydroxylation sites is 2. The van der Waals surface area contributed by atoms with Gasteiger partial charge in [-0.25, -0.2) is 4.98 Å². The van der Waals surface area contributed by atoms with Crippen LogP contribution in [0, 0.1) is 0 Å². The highest BCUT2D eigenvalue weighted by molar-refractivity contribution is 6.30. The second-order valence-corrected chi connectivity index (χ2v) is 12.7. The van der Waals surface area contributed by atoms with Gasteiger partial charge in [0.15, 0.2) is 5.58 Å². The Morgan fingerprint density at radius 2 is 1.59 bits per heavy atom. The molecule has 1 aromatic heterocycles. The predicted octanol–water partition coefficient (Wildman–Crippen LogP) is 6.37. The van der Waals surface area contributed by atoms with Gasteiger partial charge in [0.1, 0.15) is 11.6 Å². The van der Waals surface area contributed by atoms with E-state index in [1.807, 2.05) is 72.8 Å². The number of nitrogens with one attached hydrogen (secondary N) is 1. The zero-order chi connectivity index (χ0) is 34.2. The molecule has 10 heteroatoms. The third-order valence-electron chi connectivity index (χ3n) is 8.79. The fourth-order valence-electron chi connectivity index (χ4n) is 6.12. The van der Waals surface area contributed by atoms with Crippen LogP contribution in [-0.4, -0.2) is 58.8 Å². The highest BCUT2D eigenvalue weighted by Gasteiger charge is 2.41. The Morgan fingerprint density at radius 1 is 0.898 bits per heavy atom. The summed E-state index contributed by atoms with van der Waals surface area (Å²) in [5, 5.41) is 3.57. The smallest absolute Gasteiger partial charge is 0.266 e. The van der Waals surface area contributed by atoms with Gasteiger partial charge in [-0.1, -0.05) is 90.5 Å². The fraction of sp³-hybridized carbons (Fsp3) is 0.282. The number of nitrogens with zero attached hydrogens (tertiary/aromatic N) is 2. The number of ketones is 1. The number of oxazole rings is 1. The number of carbonyl (C=O) groups is 3. The number of aromatic nitrogens is 1. The van der Waals surface area contributed by atoms with E-state index in [9.17, 15) is 14.4 Å². The second kappa shape index (κ2) is 16.0. The van der Waals surface area contributed by atoms with Crippen molar-refractivity contribution >= 4 is 40.3 Å². The molecule has 49 heavy (non-hydrogen) atoms. The molecule has 0 bridgehead atoms. The zero-order valence-electron chi connectivity index (χ0n) is 27.1. The molecule has 0 spiro atoms. The quantitative estimate of drug-likeness (QED) is 0.103. The number of rotatable bonds is 14. The number of benzene rings is 4. The van der Waals surface area contributed by atoms with Gasteiger partial charge in [0.05, 0.1) is 25.2 Å². The molecule has 4 aromatic carbocycles. The Labute approximate surface area is 290 Å². The van der Waals surface area contributed by atoms with Crippen molar-refractivity contribution in [2.75, 3.05) is 13.1 Å². The average molecular weight is 679 g/mol. The maximum absolute atomic E-state index is 14.0. The lowest BCUT2D eigenvalue weighted by molar-refractivity contribution is -0.138. The van der Waals surface area contributed by atoms with E-state index in [0.29, 0.717) is 48.5 Å². The summed E-state index contributed by atoms with van der Waals surface area (Å²) < 4.78 is 12.0. The number of hydrogen-bond acceptors (Lipinski definition) is 7. The molecule has 1 aliphatic heterocycles. The third kappa shape index (κ3) is 8.61. The highest BCUT2D eigenvalue weighted by atomic mass is 35.5. The van der Waals surface area contributed by atoms with Gasteiger partial charge in [-0.05, 0) is 72.3 Å². The summed E-state index contributed by atoms with van der Waals surface area (Å²) in [5.41, 5.74) is 10.7. The lowest BCUT2D eigenvalue weighted by Gasteiger charge is -2.26. The van der Waals surface area contributed by atoms with Crippen LogP contribution in [0.5, 0.6) is 0 Å². The monoisotopic (exact) mass is 678 g/mol. The molecule has 6 rings (SSSR count). The van der Waals surface area contributed by atoms with Gasteiger partial charge in [-0.2, -0.15) is 0 Å². The minimum atomic E-state index is -0.899. The number of nitrogens with two attached hydrogens (primary N) is 1. The van der Waals surface area contributed by atoms with E-state index in [1.54, 1.807) is 35.2 Å². The van der Waals surface area contributed by atoms with Crippen molar-refractivity contribution in [3.63, 3.8) is 0 Å². The Hall–Kier alpha value is -4.83. The largest absolute Gasteiger partial charge is 0.434 e. The van der Waals surface area contributed by atoms with Crippen LogP contribution < -0.4 is 11.1 Å². The van der Waals surface area contributed by atoms with E-state index >= 15 is 0 Å². The molecule has 9 nitrogen and oxygen atoms in total. The molecule has 0 saturated carbocycles. The number of fused-ring (bicyclic) bond motifs is 1. The Balaban J connectivity index is 1.19. The molecule has 1 saturated heterocycles. The lowest BCUT2D eigenvalue weighted by atomic mass is 10.0. The molecular weight excluding hydrogens is 640 g/mol. The van der Waals surface area contributed by atoms with Crippen molar-refractivity contribution in [1.82, 2.24) is 15.2 Å². The first-order chi connectivity index (χ1) is 23.9. The number of unbranched alkanes of at least 4 members (excludes halogenated alkanes) is 1. The molecule has 1 fully saturated rings. The molecular formula is C39H39ClN4O5. The van der Waals surface area contributed by atoms with Gasteiger partial charge in [0.25, 0.3) is 5.89 Å². The molecule has 5 aromatic rings. The number of halogens is 1. The van der Waals surface area contributed by atoms with E-state index < -0.39 is 23.8 Å². The Morgan fingerprint density at radius 3 is 2.33 bits per heavy atom.